The van der Waals surface area contributed by atoms with Gasteiger partial charge in [-0.15, -0.1) is 0 Å². The Morgan fingerprint density at radius 1 is 1.00 bits per heavy atom. The first-order valence-electron chi connectivity index (χ1n) is 8.79. The van der Waals surface area contributed by atoms with Crippen molar-refractivity contribution in [3.05, 3.63) is 77.8 Å². The van der Waals surface area contributed by atoms with Crippen molar-refractivity contribution in [3.8, 4) is 0 Å². The minimum atomic E-state index is -0.0334. The van der Waals surface area contributed by atoms with E-state index in [0.29, 0.717) is 0 Å². The van der Waals surface area contributed by atoms with Gasteiger partial charge in [-0.25, -0.2) is 0 Å². The van der Waals surface area contributed by atoms with Crippen LogP contribution in [0.1, 0.15) is 34.3 Å². The van der Waals surface area contributed by atoms with Crippen LogP contribution in [0.5, 0.6) is 0 Å². The van der Waals surface area contributed by atoms with Crippen LogP contribution in [0, 0.1) is 6.54 Å². The fourth-order valence-electron chi connectivity index (χ4n) is 3.12. The summed E-state index contributed by atoms with van der Waals surface area (Å²) in [6.07, 6.45) is 4.38. The number of carbonyl (C=O) groups excluding carboxylic acids is 1. The number of benzene rings is 2. The molecule has 3 rings (SSSR count). The van der Waals surface area contributed by atoms with E-state index in [9.17, 15) is 4.79 Å². The van der Waals surface area contributed by atoms with Gasteiger partial charge in [0.2, 0.25) is 0 Å². The second-order valence-electron chi connectivity index (χ2n) is 6.37. The molecule has 1 N–H and O–H groups in total. The summed E-state index contributed by atoms with van der Waals surface area (Å²) in [6.45, 7) is 5.35. The summed E-state index contributed by atoms with van der Waals surface area (Å²) in [7, 11) is 0. The topological polar surface area (TPSA) is 32.3 Å². The maximum Gasteiger partial charge on any atom is 0.251 e. The summed E-state index contributed by atoms with van der Waals surface area (Å²) >= 11 is 0. The monoisotopic (exact) mass is 321 g/mol. The summed E-state index contributed by atoms with van der Waals surface area (Å²) in [5, 5.41) is 2.90. The zero-order valence-electron chi connectivity index (χ0n) is 14.1. The molecule has 1 saturated heterocycles. The molecule has 1 radical (unpaired) electrons. The standard InChI is InChI=1S/C21H25N2O/c24-21(22-13-11-18-7-2-1-3-8-18)20-10-6-9-19(17-20)12-16-23-14-4-5-15-23/h1-3,6-10,13,17H,4-5,11-12,14-16H2,(H,22,24). The van der Waals surface area contributed by atoms with Crippen molar-refractivity contribution in [1.82, 2.24) is 10.2 Å². The van der Waals surface area contributed by atoms with E-state index in [1.54, 1.807) is 0 Å². The van der Waals surface area contributed by atoms with Crippen LogP contribution in [-0.2, 0) is 12.8 Å². The molecule has 1 aliphatic rings. The molecule has 0 atom stereocenters. The van der Waals surface area contributed by atoms with Crippen LogP contribution in [-0.4, -0.2) is 30.4 Å². The number of hydrogen-bond acceptors (Lipinski definition) is 2. The van der Waals surface area contributed by atoms with Crippen molar-refractivity contribution in [2.45, 2.75) is 25.7 Å². The second kappa shape index (κ2) is 8.65. The predicted molar refractivity (Wildman–Crippen MR) is 97.7 cm³/mol. The quantitative estimate of drug-likeness (QED) is 0.847. The van der Waals surface area contributed by atoms with Crippen molar-refractivity contribution < 1.29 is 4.79 Å². The highest BCUT2D eigenvalue weighted by Gasteiger charge is 2.11. The van der Waals surface area contributed by atoms with E-state index in [1.165, 1.54) is 37.1 Å². The molecule has 0 bridgehead atoms. The molecule has 3 heteroatoms. The molecule has 1 fully saturated rings. The predicted octanol–water partition coefficient (Wildman–Crippen LogP) is 3.46. The van der Waals surface area contributed by atoms with E-state index < -0.39 is 0 Å². The van der Waals surface area contributed by atoms with Crippen LogP contribution < -0.4 is 5.32 Å². The molecule has 1 amide bonds. The highest BCUT2D eigenvalue weighted by molar-refractivity contribution is 5.94. The molecule has 3 nitrogen and oxygen atoms in total. The van der Waals surface area contributed by atoms with Gasteiger partial charge in [-0.05, 0) is 62.0 Å². The SMILES string of the molecule is O=C(N[CH]Cc1ccccc1)c1cccc(CCN2CCCC2)c1. The molecule has 0 saturated carbocycles. The Kier molecular flexibility index (Phi) is 6.02. The minimum Gasteiger partial charge on any atom is -0.347 e. The lowest BCUT2D eigenvalue weighted by Gasteiger charge is -2.14. The number of amides is 1. The molecule has 0 aliphatic carbocycles. The lowest BCUT2D eigenvalue weighted by atomic mass is 10.1. The minimum absolute atomic E-state index is 0.0334. The van der Waals surface area contributed by atoms with Crippen molar-refractivity contribution in [2.24, 2.45) is 0 Å². The van der Waals surface area contributed by atoms with Crippen LogP contribution in [0.4, 0.5) is 0 Å². The van der Waals surface area contributed by atoms with Gasteiger partial charge in [-0.2, -0.15) is 0 Å². The Hall–Kier alpha value is -2.13. The van der Waals surface area contributed by atoms with E-state index >= 15 is 0 Å². The summed E-state index contributed by atoms with van der Waals surface area (Å²) in [6, 6.07) is 18.1. The van der Waals surface area contributed by atoms with Gasteiger partial charge in [-0.1, -0.05) is 42.5 Å². The molecule has 1 heterocycles. The zero-order chi connectivity index (χ0) is 16.6. The van der Waals surface area contributed by atoms with Gasteiger partial charge in [0, 0.05) is 12.1 Å². The van der Waals surface area contributed by atoms with Gasteiger partial charge in [0.05, 0.1) is 6.54 Å². The van der Waals surface area contributed by atoms with E-state index in [0.717, 1.165) is 24.9 Å². The Balaban J connectivity index is 1.48. The van der Waals surface area contributed by atoms with Crippen LogP contribution >= 0.6 is 0 Å². The Labute approximate surface area is 144 Å². The number of carbonyl (C=O) groups is 1. The van der Waals surface area contributed by atoms with Crippen molar-refractivity contribution in [2.75, 3.05) is 19.6 Å². The highest BCUT2D eigenvalue weighted by atomic mass is 16.1. The van der Waals surface area contributed by atoms with Crippen LogP contribution in [0.25, 0.3) is 0 Å². The third-order valence-corrected chi connectivity index (χ3v) is 4.52. The van der Waals surface area contributed by atoms with Crippen molar-refractivity contribution in [3.63, 3.8) is 0 Å². The first-order valence-corrected chi connectivity index (χ1v) is 8.79. The van der Waals surface area contributed by atoms with Crippen LogP contribution in [0.2, 0.25) is 0 Å². The van der Waals surface area contributed by atoms with Crippen molar-refractivity contribution >= 4 is 5.91 Å². The third kappa shape index (κ3) is 4.93. The molecule has 125 valence electrons. The number of likely N-dealkylation sites (tertiary alicyclic amines) is 1. The average molecular weight is 321 g/mol. The molecule has 2 aromatic rings. The number of nitrogens with one attached hydrogen (secondary N) is 1. The first-order chi connectivity index (χ1) is 11.8. The molecule has 2 aromatic carbocycles. The van der Waals surface area contributed by atoms with Crippen molar-refractivity contribution in [1.29, 1.82) is 0 Å². The number of hydrogen-bond donors (Lipinski definition) is 1. The largest absolute Gasteiger partial charge is 0.347 e. The fraction of sp³-hybridized carbons (Fsp3) is 0.333. The van der Waals surface area contributed by atoms with Gasteiger partial charge in [-0.3, -0.25) is 4.79 Å². The van der Waals surface area contributed by atoms with E-state index in [2.05, 4.69) is 28.4 Å². The van der Waals surface area contributed by atoms with Gasteiger partial charge >= 0.3 is 0 Å². The zero-order valence-corrected chi connectivity index (χ0v) is 14.1. The first kappa shape index (κ1) is 16.7. The second-order valence-corrected chi connectivity index (χ2v) is 6.37. The normalized spacial score (nSPS) is 14.7. The summed E-state index contributed by atoms with van der Waals surface area (Å²) in [4.78, 5) is 14.8. The fourth-order valence-corrected chi connectivity index (χ4v) is 3.12. The molecule has 0 aromatic heterocycles. The lowest BCUT2D eigenvalue weighted by Crippen LogP contribution is -2.23. The summed E-state index contributed by atoms with van der Waals surface area (Å²) in [5.41, 5.74) is 3.16. The molecular weight excluding hydrogens is 296 g/mol. The Morgan fingerprint density at radius 2 is 1.75 bits per heavy atom. The summed E-state index contributed by atoms with van der Waals surface area (Å²) in [5.74, 6) is -0.0334. The average Bonchev–Trinajstić information content (AvgIpc) is 3.15. The van der Waals surface area contributed by atoms with Gasteiger partial charge < -0.3 is 10.2 Å². The van der Waals surface area contributed by atoms with E-state index in [4.69, 9.17) is 0 Å². The molecule has 1 aliphatic heterocycles. The number of nitrogens with zero attached hydrogens (tertiary/aromatic N) is 1. The van der Waals surface area contributed by atoms with E-state index in [1.807, 2.05) is 42.9 Å². The molecular formula is C21H25N2O. The molecule has 0 spiro atoms. The lowest BCUT2D eigenvalue weighted by molar-refractivity contribution is 0.0963. The maximum atomic E-state index is 12.3. The van der Waals surface area contributed by atoms with Crippen LogP contribution in [0.15, 0.2) is 54.6 Å². The smallest absolute Gasteiger partial charge is 0.251 e. The molecule has 24 heavy (non-hydrogen) atoms. The van der Waals surface area contributed by atoms with Crippen LogP contribution in [0.3, 0.4) is 0 Å². The van der Waals surface area contributed by atoms with Gasteiger partial charge in [0.25, 0.3) is 5.91 Å². The number of rotatable bonds is 7. The Bertz CT molecular complexity index is 648. The highest BCUT2D eigenvalue weighted by Crippen LogP contribution is 2.11. The molecule has 0 unspecified atom stereocenters. The van der Waals surface area contributed by atoms with Gasteiger partial charge in [0.15, 0.2) is 0 Å². The summed E-state index contributed by atoms with van der Waals surface area (Å²) < 4.78 is 0. The van der Waals surface area contributed by atoms with E-state index in [-0.39, 0.29) is 5.91 Å². The third-order valence-electron chi connectivity index (χ3n) is 4.52. The maximum absolute atomic E-state index is 12.3. The van der Waals surface area contributed by atoms with Gasteiger partial charge in [0.1, 0.15) is 0 Å². The Morgan fingerprint density at radius 3 is 2.54 bits per heavy atom.